The van der Waals surface area contributed by atoms with Gasteiger partial charge in [-0.25, -0.2) is 0 Å². The fourth-order valence-electron chi connectivity index (χ4n) is 2.84. The Morgan fingerprint density at radius 3 is 2.28 bits per heavy atom. The smallest absolute Gasteiger partial charge is 1.00 e. The number of benzene rings is 2. The summed E-state index contributed by atoms with van der Waals surface area (Å²) >= 11 is 0. The molecule has 0 atom stereocenters. The Kier molecular flexibility index (Phi) is 10.1. The average Bonchev–Trinajstić information content (AvgIpc) is 2.55. The van der Waals surface area contributed by atoms with Crippen LogP contribution in [-0.4, -0.2) is 19.6 Å². The van der Waals surface area contributed by atoms with Crippen molar-refractivity contribution in [2.75, 3.05) is 6.61 Å². The molecule has 6 heteroatoms. The Labute approximate surface area is 174 Å². The minimum Gasteiger partial charge on any atom is -1.00 e. The average molecular weight is 374 g/mol. The molecule has 0 unspecified atom stereocenters. The van der Waals surface area contributed by atoms with Crippen LogP contribution in [0.4, 0.5) is 0 Å². The van der Waals surface area contributed by atoms with Crippen LogP contribution >= 0.6 is 0 Å². The predicted octanol–water partition coefficient (Wildman–Crippen LogP) is 2.33. The first-order valence-corrected chi connectivity index (χ1v) is 10.1. The van der Waals surface area contributed by atoms with Crippen LogP contribution < -0.4 is 34.3 Å². The maximum Gasteiger partial charge on any atom is 1.00 e. The van der Waals surface area contributed by atoms with Gasteiger partial charge in [0.15, 0.2) is 0 Å². The molecule has 0 fully saturated rings. The molecule has 134 valence electrons. The van der Waals surface area contributed by atoms with Gasteiger partial charge in [0, 0.05) is 5.39 Å². The molecule has 0 heterocycles. The molecule has 2 rings (SSSR count). The first kappa shape index (κ1) is 22.5. The molecule has 0 aromatic heterocycles. The van der Waals surface area contributed by atoms with Crippen LogP contribution in [0.5, 0.6) is 5.75 Å². The van der Waals surface area contributed by atoms with E-state index in [4.69, 9.17) is 4.74 Å². The van der Waals surface area contributed by atoms with Crippen molar-refractivity contribution in [2.24, 2.45) is 0 Å². The molecular weight excluding hydrogens is 347 g/mol. The van der Waals surface area contributed by atoms with Crippen molar-refractivity contribution in [1.82, 2.24) is 0 Å². The van der Waals surface area contributed by atoms with Gasteiger partial charge in [0.2, 0.25) is 0 Å². The van der Waals surface area contributed by atoms with E-state index in [1.54, 1.807) is 18.2 Å². The summed E-state index contributed by atoms with van der Waals surface area (Å²) in [5.74, 6) is 0.224. The van der Waals surface area contributed by atoms with Gasteiger partial charge in [-0.1, -0.05) is 75.8 Å². The second-order valence-electron chi connectivity index (χ2n) is 6.06. The third-order valence-corrected chi connectivity index (χ3v) is 5.04. The summed E-state index contributed by atoms with van der Waals surface area (Å²) in [6, 6.07) is 10.5. The number of fused-ring (bicyclic) bond motifs is 1. The van der Waals surface area contributed by atoms with Crippen LogP contribution in [-0.2, 0) is 10.1 Å². The van der Waals surface area contributed by atoms with Gasteiger partial charge in [-0.05, 0) is 17.9 Å². The fraction of sp³-hybridized carbons (Fsp3) is 0.474. The maximum atomic E-state index is 11.8. The molecule has 0 spiro atoms. The molecule has 0 saturated heterocycles. The van der Waals surface area contributed by atoms with Crippen molar-refractivity contribution in [3.05, 3.63) is 36.4 Å². The first-order valence-electron chi connectivity index (χ1n) is 8.66. The molecule has 25 heavy (non-hydrogen) atoms. The van der Waals surface area contributed by atoms with E-state index in [-0.39, 0.29) is 41.6 Å². The topological polar surface area (TPSA) is 63.6 Å². The third-order valence-electron chi connectivity index (χ3n) is 4.11. The molecule has 0 bridgehead atoms. The monoisotopic (exact) mass is 374 g/mol. The Balaban J connectivity index is 0.00000312. The zero-order chi connectivity index (χ0) is 17.4. The van der Waals surface area contributed by atoms with Crippen LogP contribution in [0.2, 0.25) is 0 Å². The predicted molar refractivity (Wildman–Crippen MR) is 98.4 cm³/mol. The molecule has 0 amide bonds. The molecule has 0 saturated carbocycles. The van der Waals surface area contributed by atoms with E-state index in [9.17, 15) is 13.0 Å². The molecule has 4 nitrogen and oxygen atoms in total. The van der Waals surface area contributed by atoms with E-state index in [1.807, 2.05) is 18.2 Å². The normalized spacial score (nSPS) is 11.3. The Hall–Kier alpha value is -0.590. The molecule has 0 aliphatic rings. The van der Waals surface area contributed by atoms with Crippen molar-refractivity contribution in [1.29, 1.82) is 0 Å². The van der Waals surface area contributed by atoms with Crippen molar-refractivity contribution in [3.8, 4) is 5.75 Å². The van der Waals surface area contributed by atoms with Gasteiger partial charge in [-0.15, -0.1) is 0 Å². The standard InChI is InChI=1S/C19H26O4S.Na.H/c1-2-3-4-5-6-7-10-15-23-18-14-13-16-11-8-9-12-17(16)19(18)24(20,21)22;;/h8-9,11-14H,2-7,10,15H2,1H3,(H,20,21,22);;/q;+1;-1. The Morgan fingerprint density at radius 2 is 1.60 bits per heavy atom. The molecule has 2 aromatic carbocycles. The van der Waals surface area contributed by atoms with Gasteiger partial charge >= 0.3 is 29.6 Å². The second-order valence-corrected chi connectivity index (χ2v) is 7.42. The number of hydrogen-bond donors (Lipinski definition) is 1. The molecule has 1 N–H and O–H groups in total. The van der Waals surface area contributed by atoms with Gasteiger partial charge < -0.3 is 6.16 Å². The molecule has 0 radical (unpaired) electrons. The molecular formula is C19H27NaO4S. The van der Waals surface area contributed by atoms with Crippen LogP contribution in [0, 0.1) is 0 Å². The van der Waals surface area contributed by atoms with Crippen LogP contribution in [0.25, 0.3) is 10.8 Å². The minimum absolute atomic E-state index is 0. The third kappa shape index (κ3) is 6.91. The second kappa shape index (κ2) is 11.2. The van der Waals surface area contributed by atoms with E-state index in [0.29, 0.717) is 12.0 Å². The molecule has 0 aliphatic heterocycles. The largest absolute Gasteiger partial charge is 1.00 e. The van der Waals surface area contributed by atoms with Gasteiger partial charge in [-0.3, -0.25) is 4.55 Å². The van der Waals surface area contributed by atoms with E-state index in [1.165, 1.54) is 32.1 Å². The Morgan fingerprint density at radius 1 is 0.960 bits per heavy atom. The van der Waals surface area contributed by atoms with E-state index < -0.39 is 10.1 Å². The van der Waals surface area contributed by atoms with Gasteiger partial charge in [0.25, 0.3) is 10.1 Å². The van der Waals surface area contributed by atoms with E-state index in [2.05, 4.69) is 6.92 Å². The van der Waals surface area contributed by atoms with Crippen molar-refractivity contribution >= 4 is 20.9 Å². The summed E-state index contributed by atoms with van der Waals surface area (Å²) in [7, 11) is -4.34. The molecule has 2 aromatic rings. The molecule has 0 aliphatic carbocycles. The summed E-state index contributed by atoms with van der Waals surface area (Å²) < 4.78 is 38.8. The summed E-state index contributed by atoms with van der Waals surface area (Å²) in [6.07, 6.45) is 8.15. The maximum absolute atomic E-state index is 11.8. The zero-order valence-electron chi connectivity index (χ0n) is 16.2. The SMILES string of the molecule is CCCCCCCCCOc1ccc2ccccc2c1S(=O)(=O)O.[H-].[Na+]. The van der Waals surface area contributed by atoms with Crippen molar-refractivity contribution < 1.29 is 48.7 Å². The summed E-state index contributed by atoms with van der Waals surface area (Å²) in [5.41, 5.74) is 0. The van der Waals surface area contributed by atoms with Crippen LogP contribution in [0.15, 0.2) is 41.3 Å². The first-order chi connectivity index (χ1) is 11.5. The quantitative estimate of drug-likeness (QED) is 0.394. The van der Waals surface area contributed by atoms with Gasteiger partial charge in [-0.2, -0.15) is 8.42 Å². The number of ether oxygens (including phenoxy) is 1. The zero-order valence-corrected chi connectivity index (χ0v) is 18.0. The number of hydrogen-bond acceptors (Lipinski definition) is 3. The van der Waals surface area contributed by atoms with Gasteiger partial charge in [0.05, 0.1) is 6.61 Å². The fourth-order valence-corrected chi connectivity index (χ4v) is 3.69. The van der Waals surface area contributed by atoms with Crippen LogP contribution in [0.1, 0.15) is 53.3 Å². The summed E-state index contributed by atoms with van der Waals surface area (Å²) in [5, 5.41) is 1.24. The number of rotatable bonds is 10. The van der Waals surface area contributed by atoms with Crippen LogP contribution in [0.3, 0.4) is 0 Å². The van der Waals surface area contributed by atoms with Crippen molar-refractivity contribution in [2.45, 2.75) is 56.8 Å². The number of unbranched alkanes of at least 4 members (excludes halogenated alkanes) is 6. The van der Waals surface area contributed by atoms with Crippen molar-refractivity contribution in [3.63, 3.8) is 0 Å². The van der Waals surface area contributed by atoms with E-state index >= 15 is 0 Å². The van der Waals surface area contributed by atoms with E-state index in [0.717, 1.165) is 18.2 Å². The van der Waals surface area contributed by atoms with Gasteiger partial charge in [0.1, 0.15) is 10.6 Å². The minimum atomic E-state index is -4.34. The summed E-state index contributed by atoms with van der Waals surface area (Å²) in [6.45, 7) is 2.65. The summed E-state index contributed by atoms with van der Waals surface area (Å²) in [4.78, 5) is -0.136. The Bertz CT molecular complexity index is 765.